The zero-order chi connectivity index (χ0) is 16.5. The van der Waals surface area contributed by atoms with Crippen LogP contribution in [0.15, 0.2) is 18.2 Å². The van der Waals surface area contributed by atoms with E-state index in [4.69, 9.17) is 14.2 Å². The molecule has 1 rings (SSSR count). The third-order valence-electron chi connectivity index (χ3n) is 3.05. The Kier molecular flexibility index (Phi) is 7.22. The Labute approximate surface area is 130 Å². The van der Waals surface area contributed by atoms with E-state index in [0.717, 1.165) is 6.42 Å². The number of nitrogens with one attached hydrogen (secondary N) is 1. The number of hydrogen-bond acceptors (Lipinski definition) is 5. The van der Waals surface area contributed by atoms with E-state index in [1.54, 1.807) is 12.1 Å². The van der Waals surface area contributed by atoms with Crippen LogP contribution in [0.2, 0.25) is 0 Å². The third-order valence-corrected chi connectivity index (χ3v) is 3.05. The van der Waals surface area contributed by atoms with Gasteiger partial charge in [-0.05, 0) is 38.5 Å². The Hall–Kier alpha value is -2.24. The third kappa shape index (κ3) is 5.27. The standard InChI is InChI=1S/C16H23NO5/c1-5-11(3)17-15(18)10-22-16(19)12-7-8-13(21-6-2)14(9-12)20-4/h7-9,11H,5-6,10H2,1-4H3,(H,17,18)/t11-/m1/s1. The molecule has 6 heteroatoms. The maximum atomic E-state index is 11.9. The average molecular weight is 309 g/mol. The quantitative estimate of drug-likeness (QED) is 0.745. The van der Waals surface area contributed by atoms with Crippen molar-refractivity contribution in [1.29, 1.82) is 0 Å². The highest BCUT2D eigenvalue weighted by atomic mass is 16.5. The first-order valence-corrected chi connectivity index (χ1v) is 7.29. The zero-order valence-corrected chi connectivity index (χ0v) is 13.5. The minimum Gasteiger partial charge on any atom is -0.493 e. The summed E-state index contributed by atoms with van der Waals surface area (Å²) in [5.74, 6) is 0.0951. The van der Waals surface area contributed by atoms with E-state index in [2.05, 4.69) is 5.32 Å². The summed E-state index contributed by atoms with van der Waals surface area (Å²) in [6.07, 6.45) is 0.815. The molecule has 0 unspecified atom stereocenters. The molecule has 22 heavy (non-hydrogen) atoms. The molecule has 0 bridgehead atoms. The van der Waals surface area contributed by atoms with Crippen LogP contribution in [0.25, 0.3) is 0 Å². The summed E-state index contributed by atoms with van der Waals surface area (Å²) in [6.45, 7) is 5.90. The molecule has 0 aliphatic rings. The lowest BCUT2D eigenvalue weighted by Crippen LogP contribution is -2.35. The number of methoxy groups -OCH3 is 1. The molecule has 122 valence electrons. The molecule has 0 heterocycles. The summed E-state index contributed by atoms with van der Waals surface area (Å²) >= 11 is 0. The van der Waals surface area contributed by atoms with E-state index < -0.39 is 5.97 Å². The van der Waals surface area contributed by atoms with E-state index >= 15 is 0 Å². The first-order chi connectivity index (χ1) is 10.5. The molecule has 0 saturated heterocycles. The number of amides is 1. The van der Waals surface area contributed by atoms with Gasteiger partial charge in [0.15, 0.2) is 18.1 Å². The predicted molar refractivity (Wildman–Crippen MR) is 82.3 cm³/mol. The molecule has 0 aliphatic heterocycles. The van der Waals surface area contributed by atoms with Crippen molar-refractivity contribution < 1.29 is 23.8 Å². The highest BCUT2D eigenvalue weighted by Gasteiger charge is 2.14. The van der Waals surface area contributed by atoms with Gasteiger partial charge in [-0.1, -0.05) is 6.92 Å². The average Bonchev–Trinajstić information content (AvgIpc) is 2.53. The van der Waals surface area contributed by atoms with Crippen LogP contribution in [-0.4, -0.2) is 38.2 Å². The fourth-order valence-corrected chi connectivity index (χ4v) is 1.70. The SMILES string of the molecule is CCOc1ccc(C(=O)OCC(=O)N[C@H](C)CC)cc1OC. The van der Waals surface area contributed by atoms with Crippen LogP contribution in [0, 0.1) is 0 Å². The largest absolute Gasteiger partial charge is 0.493 e. The topological polar surface area (TPSA) is 73.9 Å². The van der Waals surface area contributed by atoms with Gasteiger partial charge in [0.25, 0.3) is 5.91 Å². The van der Waals surface area contributed by atoms with Crippen LogP contribution in [0.4, 0.5) is 0 Å². The summed E-state index contributed by atoms with van der Waals surface area (Å²) in [4.78, 5) is 23.5. The van der Waals surface area contributed by atoms with Gasteiger partial charge in [0.2, 0.25) is 0 Å². The van der Waals surface area contributed by atoms with Crippen molar-refractivity contribution in [2.45, 2.75) is 33.2 Å². The second kappa shape index (κ2) is 8.92. The van der Waals surface area contributed by atoms with Gasteiger partial charge in [-0.3, -0.25) is 4.79 Å². The molecule has 0 fully saturated rings. The minimum atomic E-state index is -0.583. The lowest BCUT2D eigenvalue weighted by molar-refractivity contribution is -0.124. The summed E-state index contributed by atoms with van der Waals surface area (Å²) in [6, 6.07) is 4.79. The fraction of sp³-hybridized carbons (Fsp3) is 0.500. The van der Waals surface area contributed by atoms with Crippen molar-refractivity contribution in [2.75, 3.05) is 20.3 Å². The molecule has 1 amide bonds. The van der Waals surface area contributed by atoms with Gasteiger partial charge in [-0.15, -0.1) is 0 Å². The van der Waals surface area contributed by atoms with E-state index in [1.807, 2.05) is 20.8 Å². The number of ether oxygens (including phenoxy) is 3. The Bertz CT molecular complexity index is 515. The molecule has 0 saturated carbocycles. The molecular weight excluding hydrogens is 286 g/mol. The van der Waals surface area contributed by atoms with Crippen molar-refractivity contribution in [1.82, 2.24) is 5.32 Å². The van der Waals surface area contributed by atoms with Crippen LogP contribution in [0.5, 0.6) is 11.5 Å². The molecule has 0 aromatic heterocycles. The van der Waals surface area contributed by atoms with Gasteiger partial charge in [0.05, 0.1) is 19.3 Å². The summed E-state index contributed by atoms with van der Waals surface area (Å²) in [7, 11) is 1.49. The zero-order valence-electron chi connectivity index (χ0n) is 13.5. The molecule has 1 N–H and O–H groups in total. The van der Waals surface area contributed by atoms with Crippen LogP contribution < -0.4 is 14.8 Å². The van der Waals surface area contributed by atoms with Crippen LogP contribution in [0.3, 0.4) is 0 Å². The molecule has 0 radical (unpaired) electrons. The Balaban J connectivity index is 2.64. The number of carbonyl (C=O) groups excluding carboxylic acids is 2. The molecule has 1 atom stereocenters. The van der Waals surface area contributed by atoms with Gasteiger partial charge in [0, 0.05) is 6.04 Å². The molecular formula is C16H23NO5. The van der Waals surface area contributed by atoms with Gasteiger partial charge in [-0.25, -0.2) is 4.79 Å². The summed E-state index contributed by atoms with van der Waals surface area (Å²) in [5.41, 5.74) is 0.302. The molecule has 0 aliphatic carbocycles. The molecule has 6 nitrogen and oxygen atoms in total. The molecule has 0 spiro atoms. The maximum absolute atomic E-state index is 11.9. The van der Waals surface area contributed by atoms with Crippen molar-refractivity contribution in [3.63, 3.8) is 0 Å². The van der Waals surface area contributed by atoms with Gasteiger partial charge in [0.1, 0.15) is 0 Å². The van der Waals surface area contributed by atoms with Gasteiger partial charge in [-0.2, -0.15) is 0 Å². The minimum absolute atomic E-state index is 0.0526. The van der Waals surface area contributed by atoms with Crippen molar-refractivity contribution in [3.05, 3.63) is 23.8 Å². The van der Waals surface area contributed by atoms with E-state index in [9.17, 15) is 9.59 Å². The lowest BCUT2D eigenvalue weighted by Gasteiger charge is -2.12. The van der Waals surface area contributed by atoms with Crippen LogP contribution >= 0.6 is 0 Å². The van der Waals surface area contributed by atoms with Crippen LogP contribution in [0.1, 0.15) is 37.6 Å². The van der Waals surface area contributed by atoms with Crippen LogP contribution in [-0.2, 0) is 9.53 Å². The van der Waals surface area contributed by atoms with Gasteiger partial charge >= 0.3 is 5.97 Å². The Morgan fingerprint density at radius 2 is 1.95 bits per heavy atom. The van der Waals surface area contributed by atoms with E-state index in [-0.39, 0.29) is 18.6 Å². The first-order valence-electron chi connectivity index (χ1n) is 7.29. The number of carbonyl (C=O) groups is 2. The molecule has 1 aromatic carbocycles. The number of esters is 1. The smallest absolute Gasteiger partial charge is 0.338 e. The van der Waals surface area contributed by atoms with Crippen molar-refractivity contribution >= 4 is 11.9 Å². The predicted octanol–water partition coefficient (Wildman–Crippen LogP) is 2.17. The highest BCUT2D eigenvalue weighted by Crippen LogP contribution is 2.28. The van der Waals surface area contributed by atoms with Crippen molar-refractivity contribution in [2.24, 2.45) is 0 Å². The maximum Gasteiger partial charge on any atom is 0.338 e. The number of benzene rings is 1. The number of rotatable bonds is 8. The lowest BCUT2D eigenvalue weighted by atomic mass is 10.2. The molecule has 1 aromatic rings. The monoisotopic (exact) mass is 309 g/mol. The highest BCUT2D eigenvalue weighted by molar-refractivity contribution is 5.92. The first kappa shape index (κ1) is 17.8. The second-order valence-electron chi connectivity index (χ2n) is 4.75. The normalized spacial score (nSPS) is 11.5. The summed E-state index contributed by atoms with van der Waals surface area (Å²) < 4.78 is 15.5. The van der Waals surface area contributed by atoms with E-state index in [1.165, 1.54) is 13.2 Å². The second-order valence-corrected chi connectivity index (χ2v) is 4.75. The fourth-order valence-electron chi connectivity index (χ4n) is 1.70. The van der Waals surface area contributed by atoms with Gasteiger partial charge < -0.3 is 19.5 Å². The van der Waals surface area contributed by atoms with E-state index in [0.29, 0.717) is 23.7 Å². The van der Waals surface area contributed by atoms with Crippen molar-refractivity contribution in [3.8, 4) is 11.5 Å². The Morgan fingerprint density at radius 1 is 1.23 bits per heavy atom. The summed E-state index contributed by atoms with van der Waals surface area (Å²) in [5, 5.41) is 2.72. The number of hydrogen-bond donors (Lipinski definition) is 1. The Morgan fingerprint density at radius 3 is 2.55 bits per heavy atom.